The van der Waals surface area contributed by atoms with Gasteiger partial charge >= 0.3 is 5.97 Å². The number of hydrogen-bond donors (Lipinski definition) is 1. The molecular weight excluding hydrogens is 471 g/mol. The topological polar surface area (TPSA) is 40.5 Å². The van der Waals surface area contributed by atoms with E-state index < -0.39 is 29.3 Å². The molecule has 1 aromatic heterocycles. The molecule has 7 heteroatoms. The summed E-state index contributed by atoms with van der Waals surface area (Å²) in [6, 6.07) is 11.3. The Bertz CT molecular complexity index is 1270. The van der Waals surface area contributed by atoms with Crippen molar-refractivity contribution >= 4 is 23.4 Å². The molecule has 2 atom stereocenters. The second-order valence-electron chi connectivity index (χ2n) is 9.74. The van der Waals surface area contributed by atoms with Gasteiger partial charge in [-0.2, -0.15) is 0 Å². The van der Waals surface area contributed by atoms with Crippen LogP contribution < -0.4 is 0 Å². The average Bonchev–Trinajstić information content (AvgIpc) is 3.19. The van der Waals surface area contributed by atoms with Gasteiger partial charge in [-0.05, 0) is 92.8 Å². The normalized spacial score (nSPS) is 18.7. The van der Waals surface area contributed by atoms with Gasteiger partial charge in [0.1, 0.15) is 17.3 Å². The minimum atomic E-state index is -1.57. The monoisotopic (exact) mass is 499 g/mol. The highest BCUT2D eigenvalue weighted by atomic mass is 32.1. The van der Waals surface area contributed by atoms with Gasteiger partial charge < -0.3 is 5.11 Å². The maximum absolute atomic E-state index is 15.5. The maximum atomic E-state index is 15.5. The molecule has 0 amide bonds. The number of carbonyl (C=O) groups is 1. The van der Waals surface area contributed by atoms with Gasteiger partial charge in [0.25, 0.3) is 0 Å². The van der Waals surface area contributed by atoms with Crippen LogP contribution in [0.15, 0.2) is 48.5 Å². The molecule has 2 heterocycles. The SMILES string of the molecule is Cc1ccc(-c2ccc3c(c2)C[C@@H](C)N(CC(C)(C)F)[C@@H]3c2c(F)cc(/C=C/C(=O)O)cc2F)s1. The Morgan fingerprint density at radius 2 is 1.86 bits per heavy atom. The minimum absolute atomic E-state index is 0.00366. The lowest BCUT2D eigenvalue weighted by Gasteiger charge is -2.44. The maximum Gasteiger partial charge on any atom is 0.328 e. The summed E-state index contributed by atoms with van der Waals surface area (Å²) < 4.78 is 45.8. The quantitative estimate of drug-likeness (QED) is 0.365. The second-order valence-corrected chi connectivity index (χ2v) is 11.0. The molecule has 0 bridgehead atoms. The molecule has 0 saturated carbocycles. The smallest absolute Gasteiger partial charge is 0.328 e. The number of carboxylic acid groups (broad SMARTS) is 1. The highest BCUT2D eigenvalue weighted by molar-refractivity contribution is 7.15. The number of hydrogen-bond acceptors (Lipinski definition) is 3. The third-order valence-corrected chi connectivity index (χ3v) is 7.28. The molecule has 0 unspecified atom stereocenters. The number of nitrogens with zero attached hydrogens (tertiary/aromatic N) is 1. The first kappa shape index (κ1) is 25.2. The highest BCUT2D eigenvalue weighted by Gasteiger charge is 2.39. The van der Waals surface area contributed by atoms with E-state index in [0.717, 1.165) is 45.9 Å². The number of benzene rings is 2. The zero-order chi connectivity index (χ0) is 25.5. The summed E-state index contributed by atoms with van der Waals surface area (Å²) >= 11 is 1.68. The molecule has 4 rings (SSSR count). The van der Waals surface area contributed by atoms with Gasteiger partial charge in [0.05, 0.1) is 6.04 Å². The Labute approximate surface area is 207 Å². The van der Waals surface area contributed by atoms with E-state index in [1.54, 1.807) is 11.3 Å². The molecule has 2 aromatic carbocycles. The Kier molecular flexibility index (Phi) is 6.93. The van der Waals surface area contributed by atoms with Gasteiger partial charge in [0.2, 0.25) is 0 Å². The standard InChI is InChI=1S/C28H28F3NO2S/c1-16-11-20-14-19(24-9-5-17(2)35-24)7-8-21(20)27(32(16)15-28(3,4)31)26-22(29)12-18(13-23(26)30)6-10-25(33)34/h5-10,12-14,16,27H,11,15H2,1-4H3,(H,33,34)/b10-6+/t16-,27+/m1/s1. The Morgan fingerprint density at radius 1 is 1.17 bits per heavy atom. The third-order valence-electron chi connectivity index (χ3n) is 6.23. The molecule has 3 nitrogen and oxygen atoms in total. The summed E-state index contributed by atoms with van der Waals surface area (Å²) in [5, 5.41) is 8.84. The van der Waals surface area contributed by atoms with Crippen molar-refractivity contribution in [3.8, 4) is 10.4 Å². The van der Waals surface area contributed by atoms with Crippen LogP contribution in [-0.4, -0.2) is 34.2 Å². The van der Waals surface area contributed by atoms with Crippen molar-refractivity contribution in [2.45, 2.75) is 51.9 Å². The van der Waals surface area contributed by atoms with Crippen LogP contribution in [0.25, 0.3) is 16.5 Å². The van der Waals surface area contributed by atoms with Crippen LogP contribution in [0.1, 0.15) is 53.9 Å². The van der Waals surface area contributed by atoms with Crippen molar-refractivity contribution in [1.29, 1.82) is 0 Å². The largest absolute Gasteiger partial charge is 0.478 e. The number of thiophene rings is 1. The molecule has 0 radical (unpaired) electrons. The van der Waals surface area contributed by atoms with E-state index in [1.165, 1.54) is 18.7 Å². The van der Waals surface area contributed by atoms with Gasteiger partial charge in [-0.3, -0.25) is 4.90 Å². The van der Waals surface area contributed by atoms with E-state index in [0.29, 0.717) is 6.42 Å². The molecule has 0 fully saturated rings. The van der Waals surface area contributed by atoms with Gasteiger partial charge in [0, 0.05) is 34.0 Å². The fraction of sp³-hybridized carbons (Fsp3) is 0.321. The molecule has 35 heavy (non-hydrogen) atoms. The Hall–Kier alpha value is -2.90. The summed E-state index contributed by atoms with van der Waals surface area (Å²) in [4.78, 5) is 15.0. The van der Waals surface area contributed by atoms with E-state index in [4.69, 9.17) is 5.11 Å². The predicted octanol–water partition coefficient (Wildman–Crippen LogP) is 7.18. The van der Waals surface area contributed by atoms with E-state index in [-0.39, 0.29) is 23.7 Å². The highest BCUT2D eigenvalue weighted by Crippen LogP contribution is 2.43. The summed E-state index contributed by atoms with van der Waals surface area (Å²) in [5.74, 6) is -2.79. The lowest BCUT2D eigenvalue weighted by atomic mass is 9.82. The number of aryl methyl sites for hydroxylation is 1. The van der Waals surface area contributed by atoms with Gasteiger partial charge in [-0.25, -0.2) is 18.0 Å². The molecule has 0 aliphatic carbocycles. The van der Waals surface area contributed by atoms with Crippen LogP contribution in [0.4, 0.5) is 13.2 Å². The third kappa shape index (κ3) is 5.52. The minimum Gasteiger partial charge on any atom is -0.478 e. The fourth-order valence-corrected chi connectivity index (χ4v) is 5.66. The average molecular weight is 500 g/mol. The van der Waals surface area contributed by atoms with Crippen molar-refractivity contribution in [1.82, 2.24) is 4.90 Å². The van der Waals surface area contributed by atoms with E-state index in [1.807, 2.05) is 30.9 Å². The Morgan fingerprint density at radius 3 is 2.43 bits per heavy atom. The van der Waals surface area contributed by atoms with Crippen LogP contribution in [-0.2, 0) is 11.2 Å². The number of halogens is 3. The predicted molar refractivity (Wildman–Crippen MR) is 134 cm³/mol. The van der Waals surface area contributed by atoms with Crippen molar-refractivity contribution in [3.05, 3.63) is 87.3 Å². The number of fused-ring (bicyclic) bond motifs is 1. The van der Waals surface area contributed by atoms with Crippen LogP contribution in [0.2, 0.25) is 0 Å². The Balaban J connectivity index is 1.86. The molecule has 0 spiro atoms. The zero-order valence-electron chi connectivity index (χ0n) is 20.1. The molecule has 184 valence electrons. The molecular formula is C28H28F3NO2S. The zero-order valence-corrected chi connectivity index (χ0v) is 20.9. The van der Waals surface area contributed by atoms with Crippen LogP contribution in [0.3, 0.4) is 0 Å². The van der Waals surface area contributed by atoms with Crippen molar-refractivity contribution in [2.24, 2.45) is 0 Å². The number of rotatable bonds is 6. The molecule has 1 aliphatic rings. The lowest BCUT2D eigenvalue weighted by molar-refractivity contribution is -0.131. The molecule has 0 saturated heterocycles. The fourth-order valence-electron chi connectivity index (χ4n) is 4.79. The van der Waals surface area contributed by atoms with E-state index >= 15 is 8.78 Å². The van der Waals surface area contributed by atoms with Crippen molar-refractivity contribution in [2.75, 3.05) is 6.54 Å². The summed E-state index contributed by atoms with van der Waals surface area (Å²) in [6.07, 6.45) is 2.61. The summed E-state index contributed by atoms with van der Waals surface area (Å²) in [5.41, 5.74) is 1.14. The van der Waals surface area contributed by atoms with Gasteiger partial charge in [-0.15, -0.1) is 11.3 Å². The molecule has 1 N–H and O–H groups in total. The lowest BCUT2D eigenvalue weighted by Crippen LogP contribution is -2.48. The molecule has 1 aliphatic heterocycles. The van der Waals surface area contributed by atoms with Crippen molar-refractivity contribution < 1.29 is 23.1 Å². The first-order valence-electron chi connectivity index (χ1n) is 11.5. The van der Waals surface area contributed by atoms with Crippen LogP contribution in [0.5, 0.6) is 0 Å². The number of aliphatic carboxylic acids is 1. The van der Waals surface area contributed by atoms with Crippen molar-refractivity contribution in [3.63, 3.8) is 0 Å². The van der Waals surface area contributed by atoms with E-state index in [2.05, 4.69) is 18.2 Å². The summed E-state index contributed by atoms with van der Waals surface area (Å²) in [7, 11) is 0. The first-order chi connectivity index (χ1) is 16.4. The number of carboxylic acids is 1. The second kappa shape index (κ2) is 9.63. The summed E-state index contributed by atoms with van der Waals surface area (Å²) in [6.45, 7) is 6.91. The first-order valence-corrected chi connectivity index (χ1v) is 12.3. The van der Waals surface area contributed by atoms with Crippen LogP contribution >= 0.6 is 11.3 Å². The number of alkyl halides is 1. The van der Waals surface area contributed by atoms with Gasteiger partial charge in [0.15, 0.2) is 0 Å². The molecule has 3 aromatic rings. The van der Waals surface area contributed by atoms with E-state index in [9.17, 15) is 9.18 Å². The van der Waals surface area contributed by atoms with Gasteiger partial charge in [-0.1, -0.05) is 12.1 Å². The van der Waals surface area contributed by atoms with Crippen LogP contribution in [0, 0.1) is 18.6 Å².